The van der Waals surface area contributed by atoms with Gasteiger partial charge in [-0.2, -0.15) is 22.0 Å². The molecule has 0 aliphatic carbocycles. The number of imidazole rings is 1. The van der Waals surface area contributed by atoms with E-state index < -0.39 is 40.3 Å². The van der Waals surface area contributed by atoms with Gasteiger partial charge in [0.25, 0.3) is 5.56 Å². The number of H-pyrrole nitrogens is 2. The van der Waals surface area contributed by atoms with Crippen LogP contribution in [0.1, 0.15) is 19.2 Å². The second-order valence-corrected chi connectivity index (χ2v) is 4.27. The van der Waals surface area contributed by atoms with Gasteiger partial charge in [-0.25, -0.2) is 9.78 Å². The molecule has 21 heavy (non-hydrogen) atoms. The maximum atomic E-state index is 13.2. The monoisotopic (exact) mass is 312 g/mol. The summed E-state index contributed by atoms with van der Waals surface area (Å²) in [5, 5.41) is 0. The van der Waals surface area contributed by atoms with Gasteiger partial charge in [0.15, 0.2) is 11.5 Å². The molecule has 0 atom stereocenters. The fraction of sp³-hybridized carbons (Fsp3) is 0.500. The molecule has 0 spiro atoms. The summed E-state index contributed by atoms with van der Waals surface area (Å²) in [6, 6.07) is 0. The van der Waals surface area contributed by atoms with E-state index in [1.54, 1.807) is 11.9 Å². The van der Waals surface area contributed by atoms with E-state index in [-0.39, 0.29) is 6.54 Å². The van der Waals surface area contributed by atoms with E-state index in [1.165, 1.54) is 0 Å². The molecule has 0 aliphatic heterocycles. The van der Waals surface area contributed by atoms with Crippen molar-refractivity contribution in [3.63, 3.8) is 0 Å². The molecule has 2 rings (SSSR count). The number of alkyl halides is 5. The fourth-order valence-electron chi connectivity index (χ4n) is 1.75. The van der Waals surface area contributed by atoms with Gasteiger partial charge in [0.2, 0.25) is 0 Å². The molecule has 2 aromatic heterocycles. The predicted molar refractivity (Wildman–Crippen MR) is 61.2 cm³/mol. The molecule has 116 valence electrons. The lowest BCUT2D eigenvalue weighted by molar-refractivity contribution is -0.292. The Morgan fingerprint density at radius 2 is 1.76 bits per heavy atom. The average Bonchev–Trinajstić information content (AvgIpc) is 2.78. The second kappa shape index (κ2) is 4.67. The zero-order chi connectivity index (χ0) is 16.0. The highest BCUT2D eigenvalue weighted by atomic mass is 19.4. The van der Waals surface area contributed by atoms with Crippen molar-refractivity contribution in [2.45, 2.75) is 32.0 Å². The zero-order valence-electron chi connectivity index (χ0n) is 10.5. The number of nitrogens with one attached hydrogen (secondary N) is 2. The first kappa shape index (κ1) is 15.2. The summed E-state index contributed by atoms with van der Waals surface area (Å²) in [5.41, 5.74) is -3.19. The first-order valence-corrected chi connectivity index (χ1v) is 5.77. The number of aromatic nitrogens is 4. The quantitative estimate of drug-likeness (QED) is 0.842. The Balaban J connectivity index is 2.78. The molecule has 2 heterocycles. The van der Waals surface area contributed by atoms with Gasteiger partial charge in [0, 0.05) is 6.54 Å². The van der Waals surface area contributed by atoms with Gasteiger partial charge < -0.3 is 4.98 Å². The minimum atomic E-state index is -5.87. The fourth-order valence-corrected chi connectivity index (χ4v) is 1.75. The maximum absolute atomic E-state index is 13.2. The van der Waals surface area contributed by atoms with Crippen molar-refractivity contribution in [2.75, 3.05) is 0 Å². The summed E-state index contributed by atoms with van der Waals surface area (Å²) in [6.45, 7) is 1.66. The first-order chi connectivity index (χ1) is 9.59. The highest BCUT2D eigenvalue weighted by molar-refractivity contribution is 5.69. The number of hydrogen-bond acceptors (Lipinski definition) is 3. The van der Waals surface area contributed by atoms with Crippen LogP contribution in [0.5, 0.6) is 0 Å². The van der Waals surface area contributed by atoms with Crippen molar-refractivity contribution in [1.82, 2.24) is 19.5 Å². The van der Waals surface area contributed by atoms with Crippen LogP contribution >= 0.6 is 0 Å². The molecule has 0 saturated heterocycles. The molecule has 2 N–H and O–H groups in total. The molecule has 0 saturated carbocycles. The summed E-state index contributed by atoms with van der Waals surface area (Å²) in [7, 11) is 0. The van der Waals surface area contributed by atoms with Gasteiger partial charge in [0.05, 0.1) is 0 Å². The van der Waals surface area contributed by atoms with Gasteiger partial charge in [0.1, 0.15) is 5.52 Å². The van der Waals surface area contributed by atoms with Crippen LogP contribution in [-0.4, -0.2) is 25.7 Å². The van der Waals surface area contributed by atoms with Gasteiger partial charge in [-0.1, -0.05) is 6.92 Å². The van der Waals surface area contributed by atoms with Crippen LogP contribution < -0.4 is 11.2 Å². The third-order valence-corrected chi connectivity index (χ3v) is 2.73. The molecule has 11 heteroatoms. The van der Waals surface area contributed by atoms with Crippen LogP contribution in [0.15, 0.2) is 9.59 Å². The largest absolute Gasteiger partial charge is 0.461 e. The predicted octanol–water partition coefficient (Wildman–Crippen LogP) is 1.48. The first-order valence-electron chi connectivity index (χ1n) is 5.77. The van der Waals surface area contributed by atoms with Gasteiger partial charge in [-0.15, -0.1) is 0 Å². The van der Waals surface area contributed by atoms with E-state index >= 15 is 0 Å². The summed E-state index contributed by atoms with van der Waals surface area (Å²) < 4.78 is 64.2. The highest BCUT2D eigenvalue weighted by Gasteiger charge is 2.61. The van der Waals surface area contributed by atoms with Crippen molar-refractivity contribution in [3.05, 3.63) is 26.7 Å². The van der Waals surface area contributed by atoms with Crippen molar-refractivity contribution in [1.29, 1.82) is 0 Å². The Bertz CT molecular complexity index is 785. The molecule has 0 aliphatic rings. The molecular formula is C10H9F5N4O2. The molecular weight excluding hydrogens is 303 g/mol. The highest BCUT2D eigenvalue weighted by Crippen LogP contribution is 2.42. The topological polar surface area (TPSA) is 83.5 Å². The van der Waals surface area contributed by atoms with Gasteiger partial charge in [-0.05, 0) is 6.42 Å². The van der Waals surface area contributed by atoms with Crippen LogP contribution in [-0.2, 0) is 12.5 Å². The molecule has 2 aromatic rings. The normalized spacial score (nSPS) is 13.0. The number of fused-ring (bicyclic) bond motifs is 1. The van der Waals surface area contributed by atoms with Crippen LogP contribution in [0.25, 0.3) is 11.2 Å². The number of aromatic amines is 2. The summed E-state index contributed by atoms with van der Waals surface area (Å²) in [5.74, 6) is -6.99. The molecule has 0 radical (unpaired) electrons. The van der Waals surface area contributed by atoms with Crippen LogP contribution in [0.3, 0.4) is 0 Å². The van der Waals surface area contributed by atoms with E-state index in [2.05, 4.69) is 4.98 Å². The Labute approximate surface area is 112 Å². The number of nitrogens with zero attached hydrogens (tertiary/aromatic N) is 2. The lowest BCUT2D eigenvalue weighted by atomic mass is 10.3. The lowest BCUT2D eigenvalue weighted by Crippen LogP contribution is -2.34. The summed E-state index contributed by atoms with van der Waals surface area (Å²) in [6.07, 6.45) is -5.48. The molecule has 0 bridgehead atoms. The second-order valence-electron chi connectivity index (χ2n) is 4.27. The minimum Gasteiger partial charge on any atom is -0.331 e. The molecule has 0 fully saturated rings. The Morgan fingerprint density at radius 3 is 2.29 bits per heavy atom. The van der Waals surface area contributed by atoms with Crippen molar-refractivity contribution in [3.8, 4) is 0 Å². The van der Waals surface area contributed by atoms with Gasteiger partial charge in [-0.3, -0.25) is 14.3 Å². The van der Waals surface area contributed by atoms with Crippen molar-refractivity contribution in [2.24, 2.45) is 0 Å². The Hall–Kier alpha value is -2.20. The SMILES string of the molecule is CCCn1c(=O)[nH]c(=O)c2[nH]c(C(F)(F)C(F)(F)F)nc21. The molecule has 0 amide bonds. The van der Waals surface area contributed by atoms with Crippen LogP contribution in [0, 0.1) is 0 Å². The lowest BCUT2D eigenvalue weighted by Gasteiger charge is -2.16. The minimum absolute atomic E-state index is 0.00793. The van der Waals surface area contributed by atoms with Crippen LogP contribution in [0.4, 0.5) is 22.0 Å². The van der Waals surface area contributed by atoms with Gasteiger partial charge >= 0.3 is 17.8 Å². The summed E-state index contributed by atoms with van der Waals surface area (Å²) in [4.78, 5) is 29.6. The van der Waals surface area contributed by atoms with E-state index in [4.69, 9.17) is 0 Å². The third-order valence-electron chi connectivity index (χ3n) is 2.73. The number of rotatable bonds is 3. The van der Waals surface area contributed by atoms with Crippen molar-refractivity contribution >= 4 is 11.2 Å². The van der Waals surface area contributed by atoms with Crippen molar-refractivity contribution < 1.29 is 22.0 Å². The Morgan fingerprint density at radius 1 is 1.14 bits per heavy atom. The number of halogens is 5. The number of hydrogen-bond donors (Lipinski definition) is 2. The van der Waals surface area contributed by atoms with E-state index in [0.29, 0.717) is 6.42 Å². The maximum Gasteiger partial charge on any atom is 0.461 e. The third kappa shape index (κ3) is 2.32. The van der Waals surface area contributed by atoms with Crippen LogP contribution in [0.2, 0.25) is 0 Å². The summed E-state index contributed by atoms with van der Waals surface area (Å²) >= 11 is 0. The van der Waals surface area contributed by atoms with E-state index in [0.717, 1.165) is 4.57 Å². The smallest absolute Gasteiger partial charge is 0.331 e. The zero-order valence-corrected chi connectivity index (χ0v) is 10.5. The Kier molecular flexibility index (Phi) is 3.38. The van der Waals surface area contributed by atoms with E-state index in [1.807, 2.05) is 4.98 Å². The molecule has 6 nitrogen and oxygen atoms in total. The molecule has 0 aromatic carbocycles. The average molecular weight is 312 g/mol. The standard InChI is InChI=1S/C10H9F5N4O2/c1-2-3-19-5-4(6(20)18-8(19)21)16-7(17-5)9(11,12)10(13,14)15/h2-3H2,1H3,(H,16,17)(H,18,20,21). The van der Waals surface area contributed by atoms with E-state index in [9.17, 15) is 31.5 Å². The molecule has 0 unspecified atom stereocenters. The number of aryl methyl sites for hydroxylation is 1.